The summed E-state index contributed by atoms with van der Waals surface area (Å²) in [6.07, 6.45) is 3.29. The summed E-state index contributed by atoms with van der Waals surface area (Å²) < 4.78 is 0. The van der Waals surface area contributed by atoms with Crippen molar-refractivity contribution in [3.05, 3.63) is 0 Å². The molecule has 0 spiro atoms. The van der Waals surface area contributed by atoms with Crippen LogP contribution >= 0.6 is 0 Å². The second-order valence-electron chi connectivity index (χ2n) is 4.35. The summed E-state index contributed by atoms with van der Waals surface area (Å²) in [6, 6.07) is 0.215. The van der Waals surface area contributed by atoms with Gasteiger partial charge in [-0.15, -0.1) is 0 Å². The molecule has 0 aromatic heterocycles. The molecule has 13 heavy (non-hydrogen) atoms. The van der Waals surface area contributed by atoms with Gasteiger partial charge in [0, 0.05) is 25.0 Å². The number of hydrogen-bond donors (Lipinski definition) is 1. The fraction of sp³-hybridized carbons (Fsp3) is 0.900. The second-order valence-corrected chi connectivity index (χ2v) is 4.35. The van der Waals surface area contributed by atoms with Crippen LogP contribution in [0, 0.1) is 11.8 Å². The minimum absolute atomic E-state index is 0.215. The minimum atomic E-state index is 0.215. The maximum absolute atomic E-state index is 11.7. The molecular weight excluding hydrogens is 164 g/mol. The molecular formula is C10H18N2O. The molecule has 0 unspecified atom stereocenters. The molecule has 74 valence electrons. The Hall–Kier alpha value is -0.570. The lowest BCUT2D eigenvalue weighted by atomic mass is 10.0. The molecule has 0 radical (unpaired) electrons. The maximum atomic E-state index is 11.7. The van der Waals surface area contributed by atoms with Crippen LogP contribution < -0.4 is 5.73 Å². The highest BCUT2D eigenvalue weighted by molar-refractivity contribution is 5.81. The van der Waals surface area contributed by atoms with Gasteiger partial charge in [-0.05, 0) is 18.8 Å². The van der Waals surface area contributed by atoms with Crippen molar-refractivity contribution in [2.45, 2.75) is 32.2 Å². The van der Waals surface area contributed by atoms with E-state index in [-0.39, 0.29) is 6.04 Å². The van der Waals surface area contributed by atoms with Crippen LogP contribution in [0.4, 0.5) is 0 Å². The number of carbonyl (C=O) groups is 1. The molecule has 0 aromatic carbocycles. The highest BCUT2D eigenvalue weighted by Crippen LogP contribution is 2.33. The number of nitrogens with zero attached hydrogens (tertiary/aromatic N) is 1. The molecule has 2 rings (SSSR count). The molecule has 2 aliphatic rings. The van der Waals surface area contributed by atoms with Crippen molar-refractivity contribution in [2.24, 2.45) is 17.6 Å². The summed E-state index contributed by atoms with van der Waals surface area (Å²) in [5.74, 6) is 1.23. The third-order valence-electron chi connectivity index (χ3n) is 3.25. The molecule has 0 aromatic rings. The van der Waals surface area contributed by atoms with Crippen molar-refractivity contribution in [2.75, 3.05) is 13.1 Å². The molecule has 1 saturated heterocycles. The Bertz CT molecular complexity index is 213. The van der Waals surface area contributed by atoms with Gasteiger partial charge in [-0.2, -0.15) is 0 Å². The van der Waals surface area contributed by atoms with Crippen LogP contribution in [0.15, 0.2) is 0 Å². The van der Waals surface area contributed by atoms with E-state index in [0.717, 1.165) is 32.4 Å². The van der Waals surface area contributed by atoms with Crippen LogP contribution in [-0.2, 0) is 4.79 Å². The average molecular weight is 182 g/mol. The molecule has 1 amide bonds. The molecule has 1 saturated carbocycles. The first-order chi connectivity index (χ1) is 6.22. The highest BCUT2D eigenvalue weighted by Gasteiger charge is 2.38. The molecule has 2 atom stereocenters. The lowest BCUT2D eigenvalue weighted by molar-refractivity contribution is -0.131. The minimum Gasteiger partial charge on any atom is -0.341 e. The van der Waals surface area contributed by atoms with Gasteiger partial charge in [0.05, 0.1) is 0 Å². The third-order valence-corrected chi connectivity index (χ3v) is 3.25. The topological polar surface area (TPSA) is 46.3 Å². The fourth-order valence-electron chi connectivity index (χ4n) is 2.10. The quantitative estimate of drug-likeness (QED) is 0.679. The second kappa shape index (κ2) is 3.29. The number of amides is 1. The highest BCUT2D eigenvalue weighted by atomic mass is 16.2. The smallest absolute Gasteiger partial charge is 0.225 e. The van der Waals surface area contributed by atoms with Crippen LogP contribution in [0.1, 0.15) is 26.2 Å². The van der Waals surface area contributed by atoms with Crippen LogP contribution in [0.25, 0.3) is 0 Å². The van der Waals surface area contributed by atoms with E-state index in [2.05, 4.69) is 6.92 Å². The van der Waals surface area contributed by atoms with Crippen LogP contribution in [0.3, 0.4) is 0 Å². The molecule has 2 fully saturated rings. The van der Waals surface area contributed by atoms with Gasteiger partial charge in [-0.25, -0.2) is 0 Å². The molecule has 3 nitrogen and oxygen atoms in total. The summed E-state index contributed by atoms with van der Waals surface area (Å²) in [5, 5.41) is 0. The third kappa shape index (κ3) is 1.70. The Kier molecular flexibility index (Phi) is 2.28. The Morgan fingerprint density at radius 1 is 1.46 bits per heavy atom. The zero-order valence-electron chi connectivity index (χ0n) is 8.20. The molecule has 1 heterocycles. The maximum Gasteiger partial charge on any atom is 0.225 e. The molecule has 1 aliphatic heterocycles. The Labute approximate surface area is 79.3 Å². The first kappa shape index (κ1) is 9.00. The molecule has 2 N–H and O–H groups in total. The summed E-state index contributed by atoms with van der Waals surface area (Å²) in [6.45, 7) is 3.83. The van der Waals surface area contributed by atoms with E-state index in [0.29, 0.717) is 17.7 Å². The van der Waals surface area contributed by atoms with Crippen molar-refractivity contribution in [1.82, 2.24) is 4.90 Å². The van der Waals surface area contributed by atoms with E-state index in [9.17, 15) is 4.79 Å². The Morgan fingerprint density at radius 3 is 2.62 bits per heavy atom. The van der Waals surface area contributed by atoms with Crippen LogP contribution in [0.2, 0.25) is 0 Å². The van der Waals surface area contributed by atoms with E-state index in [1.165, 1.54) is 0 Å². The van der Waals surface area contributed by atoms with Crippen LogP contribution in [-0.4, -0.2) is 29.9 Å². The van der Waals surface area contributed by atoms with Gasteiger partial charge in [0.15, 0.2) is 0 Å². The zero-order valence-corrected chi connectivity index (χ0v) is 8.20. The fourth-order valence-corrected chi connectivity index (χ4v) is 2.10. The van der Waals surface area contributed by atoms with Gasteiger partial charge in [0.1, 0.15) is 0 Å². The summed E-state index contributed by atoms with van der Waals surface area (Å²) in [7, 11) is 0. The lowest BCUT2D eigenvalue weighted by Gasteiger charge is -2.15. The van der Waals surface area contributed by atoms with E-state index >= 15 is 0 Å². The van der Waals surface area contributed by atoms with Crippen molar-refractivity contribution < 1.29 is 4.79 Å². The molecule has 1 aliphatic carbocycles. The SMILES string of the molecule is CC[C@@H]1CN(C(=O)C2CC2)C[C@H]1N. The molecule has 3 heteroatoms. The average Bonchev–Trinajstić information content (AvgIpc) is 2.89. The Balaban J connectivity index is 1.92. The van der Waals surface area contributed by atoms with Crippen molar-refractivity contribution >= 4 is 5.91 Å². The number of carbonyl (C=O) groups excluding carboxylic acids is 1. The predicted octanol–water partition coefficient (Wildman–Crippen LogP) is 0.592. The molecule has 0 bridgehead atoms. The first-order valence-corrected chi connectivity index (χ1v) is 5.26. The van der Waals surface area contributed by atoms with Crippen molar-refractivity contribution in [1.29, 1.82) is 0 Å². The van der Waals surface area contributed by atoms with E-state index in [1.54, 1.807) is 0 Å². The Morgan fingerprint density at radius 2 is 2.15 bits per heavy atom. The van der Waals surface area contributed by atoms with Gasteiger partial charge in [0.2, 0.25) is 5.91 Å². The summed E-state index contributed by atoms with van der Waals surface area (Å²) in [4.78, 5) is 13.7. The van der Waals surface area contributed by atoms with E-state index in [4.69, 9.17) is 5.73 Å². The van der Waals surface area contributed by atoms with Crippen molar-refractivity contribution in [3.63, 3.8) is 0 Å². The van der Waals surface area contributed by atoms with Gasteiger partial charge in [-0.1, -0.05) is 13.3 Å². The largest absolute Gasteiger partial charge is 0.341 e. The standard InChI is InChI=1S/C10H18N2O/c1-2-7-5-12(6-9(7)11)10(13)8-3-4-8/h7-9H,2-6,11H2,1H3/t7-,9-/m1/s1. The summed E-state index contributed by atoms with van der Waals surface area (Å²) in [5.41, 5.74) is 5.94. The number of rotatable bonds is 2. The van der Waals surface area contributed by atoms with Gasteiger partial charge in [0.25, 0.3) is 0 Å². The summed E-state index contributed by atoms with van der Waals surface area (Å²) >= 11 is 0. The van der Waals surface area contributed by atoms with E-state index in [1.807, 2.05) is 4.90 Å². The van der Waals surface area contributed by atoms with Crippen molar-refractivity contribution in [3.8, 4) is 0 Å². The normalized spacial score (nSPS) is 33.8. The van der Waals surface area contributed by atoms with Crippen LogP contribution in [0.5, 0.6) is 0 Å². The van der Waals surface area contributed by atoms with E-state index < -0.39 is 0 Å². The van der Waals surface area contributed by atoms with Gasteiger partial charge in [-0.3, -0.25) is 4.79 Å². The zero-order chi connectivity index (χ0) is 9.42. The lowest BCUT2D eigenvalue weighted by Crippen LogP contribution is -2.33. The number of likely N-dealkylation sites (tertiary alicyclic amines) is 1. The first-order valence-electron chi connectivity index (χ1n) is 5.26. The predicted molar refractivity (Wildman–Crippen MR) is 51.1 cm³/mol. The monoisotopic (exact) mass is 182 g/mol. The van der Waals surface area contributed by atoms with Gasteiger partial charge < -0.3 is 10.6 Å². The number of hydrogen-bond acceptors (Lipinski definition) is 2. The number of nitrogens with two attached hydrogens (primary N) is 1. The van der Waals surface area contributed by atoms with Gasteiger partial charge >= 0.3 is 0 Å².